The van der Waals surface area contributed by atoms with Gasteiger partial charge in [-0.15, -0.1) is 0 Å². The van der Waals surface area contributed by atoms with Crippen LogP contribution in [0.3, 0.4) is 0 Å². The molecule has 0 radical (unpaired) electrons. The van der Waals surface area contributed by atoms with Gasteiger partial charge in [0.05, 0.1) is 6.10 Å². The van der Waals surface area contributed by atoms with E-state index in [1.165, 1.54) is 0 Å². The molecule has 4 heteroatoms. The van der Waals surface area contributed by atoms with Crippen LogP contribution in [0.1, 0.15) is 34.1 Å². The fraction of sp³-hybridized carbons (Fsp3) is 0.286. The largest absolute Gasteiger partial charge is 0.483 e. The molecule has 2 aliphatic rings. The van der Waals surface area contributed by atoms with Crippen LogP contribution in [0.4, 0.5) is 0 Å². The van der Waals surface area contributed by atoms with Crippen LogP contribution < -0.4 is 0 Å². The normalized spacial score (nSPS) is 26.6. The summed E-state index contributed by atoms with van der Waals surface area (Å²) >= 11 is 0. The van der Waals surface area contributed by atoms with Gasteiger partial charge in [0.25, 0.3) is 0 Å². The first-order valence-electron chi connectivity index (χ1n) is 5.86. The average Bonchev–Trinajstić information content (AvgIpc) is 2.38. The van der Waals surface area contributed by atoms with Crippen LogP contribution in [0, 0.1) is 0 Å². The highest BCUT2D eigenvalue weighted by Gasteiger charge is 2.39. The van der Waals surface area contributed by atoms with Crippen molar-refractivity contribution in [1.82, 2.24) is 0 Å². The molecule has 0 spiro atoms. The molecule has 1 aromatic rings. The smallest absolute Gasteiger partial charge is 0.228 e. The molecule has 2 atom stereocenters. The number of hydrogen-bond donors (Lipinski definition) is 1. The molecule has 0 amide bonds. The number of ketones is 2. The standard InChI is InChI=1S/C14H12O4/c1-7-11(15)6-10-12(16)8-4-2-3-5-9(8)13(17)14(10)18-7/h2-5,7,11,15H,6H2,1H3. The summed E-state index contributed by atoms with van der Waals surface area (Å²) in [5, 5.41) is 9.75. The van der Waals surface area contributed by atoms with Crippen LogP contribution in [0.2, 0.25) is 0 Å². The summed E-state index contributed by atoms with van der Waals surface area (Å²) in [7, 11) is 0. The molecule has 2 unspecified atom stereocenters. The lowest BCUT2D eigenvalue weighted by Crippen LogP contribution is -2.37. The second kappa shape index (κ2) is 3.78. The number of benzene rings is 1. The SMILES string of the molecule is CC1OC2=C(CC1O)C(=O)c1ccccc1C2=O. The van der Waals surface area contributed by atoms with Gasteiger partial charge in [0.1, 0.15) is 6.10 Å². The number of Topliss-reactive ketones (excluding diaryl/α,β-unsaturated/α-hetero) is 2. The molecule has 1 heterocycles. The lowest BCUT2D eigenvalue weighted by atomic mass is 9.84. The Labute approximate surface area is 104 Å². The number of carbonyl (C=O) groups is 2. The number of rotatable bonds is 0. The molecule has 18 heavy (non-hydrogen) atoms. The Balaban J connectivity index is 2.16. The van der Waals surface area contributed by atoms with Gasteiger partial charge < -0.3 is 9.84 Å². The molecule has 0 bridgehead atoms. The van der Waals surface area contributed by atoms with Crippen molar-refractivity contribution in [3.63, 3.8) is 0 Å². The first-order chi connectivity index (χ1) is 8.59. The summed E-state index contributed by atoms with van der Waals surface area (Å²) in [5.41, 5.74) is 1.07. The van der Waals surface area contributed by atoms with E-state index < -0.39 is 12.2 Å². The summed E-state index contributed by atoms with van der Waals surface area (Å²) in [5.74, 6) is -0.374. The van der Waals surface area contributed by atoms with Crippen LogP contribution in [0.25, 0.3) is 0 Å². The maximum Gasteiger partial charge on any atom is 0.228 e. The minimum atomic E-state index is -0.745. The van der Waals surface area contributed by atoms with Crippen LogP contribution >= 0.6 is 0 Å². The van der Waals surface area contributed by atoms with E-state index in [9.17, 15) is 14.7 Å². The van der Waals surface area contributed by atoms with E-state index in [1.807, 2.05) is 0 Å². The summed E-state index contributed by atoms with van der Waals surface area (Å²) in [6, 6.07) is 6.69. The lowest BCUT2D eigenvalue weighted by Gasteiger charge is -2.31. The topological polar surface area (TPSA) is 63.6 Å². The van der Waals surface area contributed by atoms with E-state index in [1.54, 1.807) is 31.2 Å². The molecule has 1 aromatic carbocycles. The van der Waals surface area contributed by atoms with E-state index in [0.29, 0.717) is 16.7 Å². The van der Waals surface area contributed by atoms with Crippen molar-refractivity contribution in [3.05, 3.63) is 46.7 Å². The molecular weight excluding hydrogens is 232 g/mol. The molecule has 4 nitrogen and oxygen atoms in total. The van der Waals surface area contributed by atoms with Gasteiger partial charge >= 0.3 is 0 Å². The van der Waals surface area contributed by atoms with Crippen molar-refractivity contribution < 1.29 is 19.4 Å². The maximum absolute atomic E-state index is 12.2. The zero-order valence-corrected chi connectivity index (χ0v) is 9.84. The highest BCUT2D eigenvalue weighted by atomic mass is 16.5. The number of aliphatic hydroxyl groups is 1. The summed E-state index contributed by atoms with van der Waals surface area (Å²) in [6.07, 6.45) is -1.04. The van der Waals surface area contributed by atoms with E-state index >= 15 is 0 Å². The monoisotopic (exact) mass is 244 g/mol. The Hall–Kier alpha value is -1.94. The minimum absolute atomic E-state index is 0.108. The van der Waals surface area contributed by atoms with E-state index in [2.05, 4.69) is 0 Å². The third-order valence-electron chi connectivity index (χ3n) is 3.43. The van der Waals surface area contributed by atoms with E-state index in [4.69, 9.17) is 4.74 Å². The van der Waals surface area contributed by atoms with Crippen LogP contribution in [-0.4, -0.2) is 28.9 Å². The van der Waals surface area contributed by atoms with Gasteiger partial charge in [-0.3, -0.25) is 9.59 Å². The molecule has 92 valence electrons. The van der Waals surface area contributed by atoms with Gasteiger partial charge in [-0.1, -0.05) is 24.3 Å². The van der Waals surface area contributed by atoms with Gasteiger partial charge in [0.2, 0.25) is 5.78 Å². The van der Waals surface area contributed by atoms with Gasteiger partial charge in [-0.05, 0) is 6.92 Å². The minimum Gasteiger partial charge on any atom is -0.483 e. The van der Waals surface area contributed by atoms with Crippen molar-refractivity contribution in [2.24, 2.45) is 0 Å². The molecule has 0 fully saturated rings. The number of hydrogen-bond acceptors (Lipinski definition) is 4. The quantitative estimate of drug-likeness (QED) is 0.751. The fourth-order valence-corrected chi connectivity index (χ4v) is 2.35. The molecule has 0 saturated carbocycles. The molecule has 0 saturated heterocycles. The zero-order valence-electron chi connectivity index (χ0n) is 9.84. The van der Waals surface area contributed by atoms with Crippen LogP contribution in [0.15, 0.2) is 35.6 Å². The molecule has 1 aliphatic heterocycles. The lowest BCUT2D eigenvalue weighted by molar-refractivity contribution is -0.00882. The Morgan fingerprint density at radius 2 is 1.78 bits per heavy atom. The second-order valence-electron chi connectivity index (χ2n) is 4.61. The van der Waals surface area contributed by atoms with E-state index in [-0.39, 0.29) is 23.7 Å². The number of ether oxygens (including phenoxy) is 1. The summed E-state index contributed by atoms with van der Waals surface area (Å²) in [6.45, 7) is 1.69. The molecule has 1 aliphatic carbocycles. The van der Waals surface area contributed by atoms with Gasteiger partial charge in [0.15, 0.2) is 11.5 Å². The first kappa shape index (κ1) is 11.2. The van der Waals surface area contributed by atoms with Crippen LogP contribution in [-0.2, 0) is 4.74 Å². The van der Waals surface area contributed by atoms with Crippen LogP contribution in [0.5, 0.6) is 0 Å². The molecular formula is C14H12O4. The Morgan fingerprint density at radius 1 is 1.17 bits per heavy atom. The third kappa shape index (κ3) is 1.42. The Kier molecular flexibility index (Phi) is 2.35. The second-order valence-corrected chi connectivity index (χ2v) is 4.61. The Bertz CT molecular complexity index is 534. The highest BCUT2D eigenvalue weighted by Crippen LogP contribution is 2.34. The van der Waals surface area contributed by atoms with E-state index in [0.717, 1.165) is 0 Å². The van der Waals surface area contributed by atoms with Crippen molar-refractivity contribution in [2.75, 3.05) is 0 Å². The molecule has 0 aromatic heterocycles. The van der Waals surface area contributed by atoms with Crippen molar-refractivity contribution in [2.45, 2.75) is 25.6 Å². The van der Waals surface area contributed by atoms with Crippen molar-refractivity contribution >= 4 is 11.6 Å². The van der Waals surface area contributed by atoms with Gasteiger partial charge in [-0.2, -0.15) is 0 Å². The predicted molar refractivity (Wildman–Crippen MR) is 63.3 cm³/mol. The average molecular weight is 244 g/mol. The summed E-state index contributed by atoms with van der Waals surface area (Å²) < 4.78 is 5.40. The van der Waals surface area contributed by atoms with Crippen molar-refractivity contribution in [3.8, 4) is 0 Å². The maximum atomic E-state index is 12.2. The third-order valence-corrected chi connectivity index (χ3v) is 3.43. The van der Waals surface area contributed by atoms with Gasteiger partial charge in [0, 0.05) is 23.1 Å². The summed E-state index contributed by atoms with van der Waals surface area (Å²) in [4.78, 5) is 24.5. The zero-order chi connectivity index (χ0) is 12.9. The fourth-order valence-electron chi connectivity index (χ4n) is 2.35. The first-order valence-corrected chi connectivity index (χ1v) is 5.86. The number of fused-ring (bicyclic) bond motifs is 1. The number of aliphatic hydroxyl groups excluding tert-OH is 1. The Morgan fingerprint density at radius 3 is 2.44 bits per heavy atom. The highest BCUT2D eigenvalue weighted by molar-refractivity contribution is 6.26. The molecule has 1 N–H and O–H groups in total. The number of allylic oxidation sites excluding steroid dienone is 1. The predicted octanol–water partition coefficient (Wildman–Crippen LogP) is 1.49. The van der Waals surface area contributed by atoms with Crippen molar-refractivity contribution in [1.29, 1.82) is 0 Å². The number of carbonyl (C=O) groups excluding carboxylic acids is 2. The molecule has 3 rings (SSSR count). The van der Waals surface area contributed by atoms with Gasteiger partial charge in [-0.25, -0.2) is 0 Å².